The second kappa shape index (κ2) is 6.54. The van der Waals surface area contributed by atoms with Crippen LogP contribution in [0, 0.1) is 0 Å². The van der Waals surface area contributed by atoms with Gasteiger partial charge in [0, 0.05) is 15.7 Å². The van der Waals surface area contributed by atoms with Gasteiger partial charge in [-0.2, -0.15) is 0 Å². The van der Waals surface area contributed by atoms with E-state index in [4.69, 9.17) is 45.6 Å². The van der Waals surface area contributed by atoms with Gasteiger partial charge >= 0.3 is 0 Å². The molecule has 1 rings (SSSR count). The van der Waals surface area contributed by atoms with Crippen LogP contribution in [-0.4, -0.2) is 34.1 Å². The third-order valence-electron chi connectivity index (χ3n) is 2.23. The standard InChI is InChI=1S/C11H14Cl2N2O2S/c1-11(5-16,6-17)15-10(18)14-9-3-7(12)2-8(13)4-9/h2-4,16-17H,5-6H2,1H3,(H2,14,15,18). The van der Waals surface area contributed by atoms with Crippen molar-refractivity contribution in [3.63, 3.8) is 0 Å². The first-order chi connectivity index (χ1) is 8.38. The fraction of sp³-hybridized carbons (Fsp3) is 0.364. The molecule has 0 heterocycles. The fourth-order valence-electron chi connectivity index (χ4n) is 1.19. The van der Waals surface area contributed by atoms with Crippen molar-refractivity contribution >= 4 is 46.2 Å². The smallest absolute Gasteiger partial charge is 0.171 e. The van der Waals surface area contributed by atoms with E-state index in [1.807, 2.05) is 0 Å². The zero-order chi connectivity index (χ0) is 13.8. The van der Waals surface area contributed by atoms with Crippen LogP contribution in [0.25, 0.3) is 0 Å². The molecule has 0 saturated carbocycles. The van der Waals surface area contributed by atoms with Crippen molar-refractivity contribution in [3.8, 4) is 0 Å². The highest BCUT2D eigenvalue weighted by Crippen LogP contribution is 2.22. The van der Waals surface area contributed by atoms with Crippen molar-refractivity contribution in [1.29, 1.82) is 0 Å². The number of hydrogen-bond donors (Lipinski definition) is 4. The quantitative estimate of drug-likeness (QED) is 0.641. The number of rotatable bonds is 4. The van der Waals surface area contributed by atoms with Gasteiger partial charge in [0.2, 0.25) is 0 Å². The molecule has 7 heteroatoms. The molecule has 4 N–H and O–H groups in total. The lowest BCUT2D eigenvalue weighted by Crippen LogP contribution is -2.53. The molecule has 0 aliphatic rings. The normalized spacial score (nSPS) is 11.2. The number of anilines is 1. The monoisotopic (exact) mass is 308 g/mol. The van der Waals surface area contributed by atoms with E-state index in [1.165, 1.54) is 0 Å². The molecule has 0 spiro atoms. The minimum atomic E-state index is -0.882. The predicted molar refractivity (Wildman–Crippen MR) is 78.4 cm³/mol. The van der Waals surface area contributed by atoms with E-state index < -0.39 is 5.54 Å². The van der Waals surface area contributed by atoms with E-state index in [9.17, 15) is 0 Å². The Morgan fingerprint density at radius 1 is 1.22 bits per heavy atom. The van der Waals surface area contributed by atoms with E-state index in [0.717, 1.165) is 0 Å². The predicted octanol–water partition coefficient (Wildman–Crippen LogP) is 2.02. The van der Waals surface area contributed by atoms with Crippen LogP contribution in [0.4, 0.5) is 5.69 Å². The molecule has 0 saturated heterocycles. The third-order valence-corrected chi connectivity index (χ3v) is 2.87. The molecule has 0 aliphatic carbocycles. The number of aliphatic hydroxyl groups is 2. The Bertz CT molecular complexity index is 419. The molecule has 18 heavy (non-hydrogen) atoms. The lowest BCUT2D eigenvalue weighted by atomic mass is 10.1. The molecule has 0 atom stereocenters. The number of thiocarbonyl (C=S) groups is 1. The average molecular weight is 309 g/mol. The topological polar surface area (TPSA) is 64.5 Å². The summed E-state index contributed by atoms with van der Waals surface area (Å²) >= 11 is 16.8. The van der Waals surface area contributed by atoms with Crippen LogP contribution in [0.3, 0.4) is 0 Å². The number of benzene rings is 1. The summed E-state index contributed by atoms with van der Waals surface area (Å²) in [5.41, 5.74) is -0.254. The van der Waals surface area contributed by atoms with Gasteiger partial charge in [0.1, 0.15) is 0 Å². The number of halogens is 2. The molecule has 0 bridgehead atoms. The van der Waals surface area contributed by atoms with Crippen LogP contribution in [0.5, 0.6) is 0 Å². The van der Waals surface area contributed by atoms with Crippen LogP contribution in [0.1, 0.15) is 6.92 Å². The second-order valence-electron chi connectivity index (χ2n) is 4.11. The Balaban J connectivity index is 2.70. The molecule has 4 nitrogen and oxygen atoms in total. The van der Waals surface area contributed by atoms with E-state index in [-0.39, 0.29) is 18.3 Å². The van der Waals surface area contributed by atoms with Crippen molar-refractivity contribution < 1.29 is 10.2 Å². The van der Waals surface area contributed by atoms with Crippen LogP contribution < -0.4 is 10.6 Å². The van der Waals surface area contributed by atoms with Crippen molar-refractivity contribution in [3.05, 3.63) is 28.2 Å². The van der Waals surface area contributed by atoms with Crippen molar-refractivity contribution in [2.24, 2.45) is 0 Å². The summed E-state index contributed by atoms with van der Waals surface area (Å²) in [4.78, 5) is 0. The lowest BCUT2D eigenvalue weighted by Gasteiger charge is -2.27. The van der Waals surface area contributed by atoms with E-state index >= 15 is 0 Å². The number of aliphatic hydroxyl groups excluding tert-OH is 2. The first kappa shape index (κ1) is 15.5. The molecule has 1 aromatic rings. The van der Waals surface area contributed by atoms with Gasteiger partial charge in [-0.3, -0.25) is 0 Å². The molecule has 0 aliphatic heterocycles. The molecule has 1 aromatic carbocycles. The Kier molecular flexibility index (Phi) is 5.62. The number of nitrogens with one attached hydrogen (secondary N) is 2. The van der Waals surface area contributed by atoms with Crippen LogP contribution in [0.2, 0.25) is 10.0 Å². The van der Waals surface area contributed by atoms with Crippen LogP contribution in [-0.2, 0) is 0 Å². The summed E-state index contributed by atoms with van der Waals surface area (Å²) in [5, 5.41) is 25.2. The maximum absolute atomic E-state index is 9.14. The second-order valence-corrected chi connectivity index (χ2v) is 5.40. The summed E-state index contributed by atoms with van der Waals surface area (Å²) in [6.07, 6.45) is 0. The molecule has 0 aromatic heterocycles. The third kappa shape index (κ3) is 4.59. The van der Waals surface area contributed by atoms with E-state index in [1.54, 1.807) is 25.1 Å². The summed E-state index contributed by atoms with van der Waals surface area (Å²) in [6.45, 7) is 1.15. The largest absolute Gasteiger partial charge is 0.394 e. The Morgan fingerprint density at radius 2 is 1.72 bits per heavy atom. The maximum atomic E-state index is 9.14. The zero-order valence-corrected chi connectivity index (χ0v) is 12.0. The highest BCUT2D eigenvalue weighted by atomic mass is 35.5. The zero-order valence-electron chi connectivity index (χ0n) is 9.70. The Labute approximate surface area is 121 Å². The van der Waals surface area contributed by atoms with Gasteiger partial charge < -0.3 is 20.8 Å². The lowest BCUT2D eigenvalue weighted by molar-refractivity contribution is 0.120. The first-order valence-electron chi connectivity index (χ1n) is 5.15. The minimum absolute atomic E-state index is 0.248. The van der Waals surface area contributed by atoms with E-state index in [2.05, 4.69) is 10.6 Å². The van der Waals surface area contributed by atoms with Crippen LogP contribution >= 0.6 is 35.4 Å². The Morgan fingerprint density at radius 3 is 2.17 bits per heavy atom. The van der Waals surface area contributed by atoms with Crippen molar-refractivity contribution in [2.75, 3.05) is 18.5 Å². The summed E-state index contributed by atoms with van der Waals surface area (Å²) in [7, 11) is 0. The minimum Gasteiger partial charge on any atom is -0.394 e. The van der Waals surface area contributed by atoms with Gasteiger partial charge in [-0.1, -0.05) is 23.2 Å². The molecule has 0 radical (unpaired) electrons. The molecular formula is C11H14Cl2N2O2S. The van der Waals surface area contributed by atoms with Crippen LogP contribution in [0.15, 0.2) is 18.2 Å². The summed E-state index contributed by atoms with van der Waals surface area (Å²) in [5.74, 6) is 0. The molecule has 0 amide bonds. The maximum Gasteiger partial charge on any atom is 0.171 e. The van der Waals surface area contributed by atoms with Gasteiger partial charge in [-0.05, 0) is 37.3 Å². The molecule has 0 unspecified atom stereocenters. The number of hydrogen-bond acceptors (Lipinski definition) is 3. The van der Waals surface area contributed by atoms with Gasteiger partial charge in [0.25, 0.3) is 0 Å². The highest BCUT2D eigenvalue weighted by Gasteiger charge is 2.22. The van der Waals surface area contributed by atoms with Gasteiger partial charge in [0.15, 0.2) is 5.11 Å². The highest BCUT2D eigenvalue weighted by molar-refractivity contribution is 7.80. The average Bonchev–Trinajstić information content (AvgIpc) is 2.27. The SMILES string of the molecule is CC(CO)(CO)NC(=S)Nc1cc(Cl)cc(Cl)c1. The molecule has 0 fully saturated rings. The van der Waals surface area contributed by atoms with Crippen molar-refractivity contribution in [2.45, 2.75) is 12.5 Å². The van der Waals surface area contributed by atoms with Gasteiger partial charge in [-0.25, -0.2) is 0 Å². The Hall–Kier alpha value is -0.590. The molecular weight excluding hydrogens is 295 g/mol. The fourth-order valence-corrected chi connectivity index (χ4v) is 2.08. The van der Waals surface area contributed by atoms with Gasteiger partial charge in [0.05, 0.1) is 18.8 Å². The summed E-state index contributed by atoms with van der Waals surface area (Å²) < 4.78 is 0. The van der Waals surface area contributed by atoms with Gasteiger partial charge in [-0.15, -0.1) is 0 Å². The summed E-state index contributed by atoms with van der Waals surface area (Å²) in [6, 6.07) is 4.93. The van der Waals surface area contributed by atoms with E-state index in [0.29, 0.717) is 15.7 Å². The first-order valence-corrected chi connectivity index (χ1v) is 6.32. The molecule has 100 valence electrons. The van der Waals surface area contributed by atoms with Crippen molar-refractivity contribution in [1.82, 2.24) is 5.32 Å².